The Morgan fingerprint density at radius 2 is 2.20 bits per heavy atom. The van der Waals surface area contributed by atoms with Crippen LogP contribution in [0.5, 0.6) is 0 Å². The molecule has 106 valence electrons. The average Bonchev–Trinajstić information content (AvgIpc) is 2.82. The number of aliphatic hydroxyl groups excluding tert-OH is 1. The summed E-state index contributed by atoms with van der Waals surface area (Å²) >= 11 is 4.46. The van der Waals surface area contributed by atoms with Gasteiger partial charge >= 0.3 is 5.97 Å². The topological polar surface area (TPSA) is 88.2 Å². The van der Waals surface area contributed by atoms with Gasteiger partial charge in [0.2, 0.25) is 0 Å². The SMILES string of the molecule is Cc1ccc(Br)cc1-n1c(CO)nnc1SCC(=O)O. The molecule has 0 spiro atoms. The van der Waals surface area contributed by atoms with Crippen LogP contribution in [0.1, 0.15) is 11.4 Å². The Morgan fingerprint density at radius 3 is 2.85 bits per heavy atom. The minimum absolute atomic E-state index is 0.114. The Balaban J connectivity index is 2.50. The summed E-state index contributed by atoms with van der Waals surface area (Å²) in [7, 11) is 0. The number of halogens is 1. The molecular formula is C12H12BrN3O3S. The molecule has 0 atom stereocenters. The summed E-state index contributed by atoms with van der Waals surface area (Å²) in [6.45, 7) is 1.65. The van der Waals surface area contributed by atoms with Crippen molar-refractivity contribution in [3.8, 4) is 5.69 Å². The van der Waals surface area contributed by atoms with E-state index in [2.05, 4.69) is 26.1 Å². The lowest BCUT2D eigenvalue weighted by Crippen LogP contribution is -2.06. The van der Waals surface area contributed by atoms with Crippen molar-refractivity contribution >= 4 is 33.7 Å². The smallest absolute Gasteiger partial charge is 0.313 e. The molecule has 1 heterocycles. The van der Waals surface area contributed by atoms with Crippen LogP contribution >= 0.6 is 27.7 Å². The molecule has 0 aliphatic heterocycles. The molecule has 2 rings (SSSR count). The van der Waals surface area contributed by atoms with Crippen LogP contribution in [0.2, 0.25) is 0 Å². The van der Waals surface area contributed by atoms with E-state index < -0.39 is 5.97 Å². The van der Waals surface area contributed by atoms with Crippen LogP contribution in [-0.2, 0) is 11.4 Å². The number of rotatable bonds is 5. The van der Waals surface area contributed by atoms with Gasteiger partial charge in [0.05, 0.1) is 11.4 Å². The molecule has 0 amide bonds. The molecule has 1 aromatic heterocycles. The van der Waals surface area contributed by atoms with E-state index in [1.165, 1.54) is 0 Å². The summed E-state index contributed by atoms with van der Waals surface area (Å²) in [5.74, 6) is -0.670. The molecule has 0 aliphatic carbocycles. The number of aliphatic hydroxyl groups is 1. The highest BCUT2D eigenvalue weighted by molar-refractivity contribution is 9.10. The van der Waals surface area contributed by atoms with Crippen molar-refractivity contribution in [2.24, 2.45) is 0 Å². The molecule has 6 nitrogen and oxygen atoms in total. The maximum atomic E-state index is 10.7. The Bertz CT molecular complexity index is 645. The number of aliphatic carboxylic acids is 1. The number of carbonyl (C=O) groups is 1. The van der Waals surface area contributed by atoms with E-state index in [1.54, 1.807) is 4.57 Å². The number of thioether (sulfide) groups is 1. The Labute approximate surface area is 128 Å². The van der Waals surface area contributed by atoms with Crippen molar-refractivity contribution in [2.45, 2.75) is 18.7 Å². The molecule has 2 N–H and O–H groups in total. The first kappa shape index (κ1) is 15.0. The van der Waals surface area contributed by atoms with Gasteiger partial charge in [-0.25, -0.2) is 0 Å². The Morgan fingerprint density at radius 1 is 1.45 bits per heavy atom. The lowest BCUT2D eigenvalue weighted by Gasteiger charge is -2.12. The number of aromatic nitrogens is 3. The first-order valence-electron chi connectivity index (χ1n) is 5.69. The average molecular weight is 358 g/mol. The summed E-state index contributed by atoms with van der Waals surface area (Å²) in [5.41, 5.74) is 1.78. The third-order valence-electron chi connectivity index (χ3n) is 2.58. The predicted molar refractivity (Wildman–Crippen MR) is 78.1 cm³/mol. The summed E-state index contributed by atoms with van der Waals surface area (Å²) in [5, 5.41) is 26.4. The summed E-state index contributed by atoms with van der Waals surface area (Å²) < 4.78 is 2.55. The number of benzene rings is 1. The first-order valence-corrected chi connectivity index (χ1v) is 7.47. The van der Waals surface area contributed by atoms with Gasteiger partial charge in [-0.15, -0.1) is 10.2 Å². The highest BCUT2D eigenvalue weighted by Gasteiger charge is 2.16. The third-order valence-corrected chi connectivity index (χ3v) is 3.99. The number of aryl methyl sites for hydroxylation is 1. The van der Waals surface area contributed by atoms with E-state index in [-0.39, 0.29) is 12.4 Å². The van der Waals surface area contributed by atoms with Crippen molar-refractivity contribution in [3.63, 3.8) is 0 Å². The van der Waals surface area contributed by atoms with E-state index in [1.807, 2.05) is 25.1 Å². The monoisotopic (exact) mass is 357 g/mol. The molecule has 1 aromatic carbocycles. The maximum absolute atomic E-state index is 10.7. The fourth-order valence-electron chi connectivity index (χ4n) is 1.69. The largest absolute Gasteiger partial charge is 0.481 e. The molecular weight excluding hydrogens is 346 g/mol. The Hall–Kier alpha value is -1.38. The summed E-state index contributed by atoms with van der Waals surface area (Å²) in [4.78, 5) is 10.7. The van der Waals surface area contributed by atoms with Gasteiger partial charge in [-0.1, -0.05) is 33.8 Å². The second-order valence-corrected chi connectivity index (χ2v) is 5.86. The molecule has 0 radical (unpaired) electrons. The lowest BCUT2D eigenvalue weighted by molar-refractivity contribution is -0.133. The second-order valence-electron chi connectivity index (χ2n) is 4.01. The van der Waals surface area contributed by atoms with Crippen molar-refractivity contribution in [2.75, 3.05) is 5.75 Å². The molecule has 0 aliphatic rings. The number of carboxylic acid groups (broad SMARTS) is 1. The number of nitrogens with zero attached hydrogens (tertiary/aromatic N) is 3. The zero-order chi connectivity index (χ0) is 14.7. The van der Waals surface area contributed by atoms with Crippen molar-refractivity contribution in [3.05, 3.63) is 34.1 Å². The van der Waals surface area contributed by atoms with Crippen LogP contribution in [0.4, 0.5) is 0 Å². The van der Waals surface area contributed by atoms with Crippen LogP contribution in [-0.4, -0.2) is 36.7 Å². The minimum Gasteiger partial charge on any atom is -0.481 e. The van der Waals surface area contributed by atoms with Crippen LogP contribution in [0, 0.1) is 6.92 Å². The molecule has 20 heavy (non-hydrogen) atoms. The fourth-order valence-corrected chi connectivity index (χ4v) is 2.72. The van der Waals surface area contributed by atoms with Crippen LogP contribution in [0.3, 0.4) is 0 Å². The second kappa shape index (κ2) is 6.38. The lowest BCUT2D eigenvalue weighted by atomic mass is 10.2. The van der Waals surface area contributed by atoms with Crippen LogP contribution in [0.15, 0.2) is 27.8 Å². The van der Waals surface area contributed by atoms with Crippen LogP contribution < -0.4 is 0 Å². The van der Waals surface area contributed by atoms with Crippen molar-refractivity contribution < 1.29 is 15.0 Å². The van der Waals surface area contributed by atoms with E-state index in [4.69, 9.17) is 5.11 Å². The highest BCUT2D eigenvalue weighted by atomic mass is 79.9. The molecule has 0 saturated carbocycles. The molecule has 2 aromatic rings. The zero-order valence-corrected chi connectivity index (χ0v) is 13.0. The number of hydrogen-bond donors (Lipinski definition) is 2. The van der Waals surface area contributed by atoms with Crippen molar-refractivity contribution in [1.29, 1.82) is 0 Å². The Kier molecular flexibility index (Phi) is 4.79. The van der Waals surface area contributed by atoms with Crippen molar-refractivity contribution in [1.82, 2.24) is 14.8 Å². The summed E-state index contributed by atoms with van der Waals surface area (Å²) in [6.07, 6.45) is 0. The third kappa shape index (κ3) is 3.20. The van der Waals surface area contributed by atoms with Gasteiger partial charge in [-0.2, -0.15) is 0 Å². The summed E-state index contributed by atoms with van der Waals surface area (Å²) in [6, 6.07) is 5.71. The van der Waals surface area contributed by atoms with Gasteiger partial charge in [0, 0.05) is 4.47 Å². The van der Waals surface area contributed by atoms with E-state index in [9.17, 15) is 9.90 Å². The van der Waals surface area contributed by atoms with E-state index >= 15 is 0 Å². The van der Waals surface area contributed by atoms with E-state index in [0.29, 0.717) is 11.0 Å². The predicted octanol–water partition coefficient (Wildman–Crippen LogP) is 2.01. The standard InChI is InChI=1S/C12H12BrN3O3S/c1-7-2-3-8(13)4-9(7)16-10(5-17)14-15-12(16)20-6-11(18)19/h2-4,17H,5-6H2,1H3,(H,18,19). The van der Waals surface area contributed by atoms with Gasteiger partial charge < -0.3 is 10.2 Å². The maximum Gasteiger partial charge on any atom is 0.313 e. The molecule has 0 bridgehead atoms. The van der Waals surface area contributed by atoms with Gasteiger partial charge in [-0.3, -0.25) is 9.36 Å². The minimum atomic E-state index is -0.930. The van der Waals surface area contributed by atoms with E-state index in [0.717, 1.165) is 27.5 Å². The van der Waals surface area contributed by atoms with Gasteiger partial charge in [0.25, 0.3) is 0 Å². The zero-order valence-electron chi connectivity index (χ0n) is 10.6. The molecule has 0 unspecified atom stereocenters. The van der Waals surface area contributed by atoms with Gasteiger partial charge in [0.1, 0.15) is 6.61 Å². The normalized spacial score (nSPS) is 10.8. The molecule has 8 heteroatoms. The molecule has 0 fully saturated rings. The first-order chi connectivity index (χ1) is 9.52. The highest BCUT2D eigenvalue weighted by Crippen LogP contribution is 2.26. The quantitative estimate of drug-likeness (QED) is 0.795. The number of carboxylic acids is 1. The number of hydrogen-bond acceptors (Lipinski definition) is 5. The fraction of sp³-hybridized carbons (Fsp3) is 0.250. The van der Waals surface area contributed by atoms with Gasteiger partial charge in [0.15, 0.2) is 11.0 Å². The van der Waals surface area contributed by atoms with Gasteiger partial charge in [-0.05, 0) is 24.6 Å². The van der Waals surface area contributed by atoms with Crippen LogP contribution in [0.25, 0.3) is 5.69 Å². The molecule has 0 saturated heterocycles.